The van der Waals surface area contributed by atoms with Gasteiger partial charge in [-0.3, -0.25) is 19.1 Å². The van der Waals surface area contributed by atoms with Crippen LogP contribution in [0, 0.1) is 0 Å². The number of ether oxygens (including phenoxy) is 2. The summed E-state index contributed by atoms with van der Waals surface area (Å²) in [6, 6.07) is 7.24. The maximum atomic E-state index is 12.4. The lowest BCUT2D eigenvalue weighted by Crippen LogP contribution is -2.13. The maximum absolute atomic E-state index is 12.4. The number of esters is 1. The number of nitrogens with zero attached hydrogens (tertiary/aromatic N) is 3. The first-order chi connectivity index (χ1) is 12.1. The van der Waals surface area contributed by atoms with Gasteiger partial charge in [0.05, 0.1) is 19.5 Å². The van der Waals surface area contributed by atoms with Gasteiger partial charge in [-0.05, 0) is 31.2 Å². The minimum Gasteiger partial charge on any atom is -0.497 e. The molecular formula is C16H16N4O4S. The Hall–Kier alpha value is -2.81. The molecule has 25 heavy (non-hydrogen) atoms. The van der Waals surface area contributed by atoms with Gasteiger partial charge in [-0.2, -0.15) is 0 Å². The smallest absolute Gasteiger partial charge is 0.316 e. The molecule has 0 radical (unpaired) electrons. The third kappa shape index (κ3) is 3.66. The predicted octanol–water partition coefficient (Wildman–Crippen LogP) is 1.77. The van der Waals surface area contributed by atoms with E-state index in [4.69, 9.17) is 9.47 Å². The summed E-state index contributed by atoms with van der Waals surface area (Å²) >= 11 is 1.10. The van der Waals surface area contributed by atoms with Gasteiger partial charge in [0.15, 0.2) is 16.3 Å². The van der Waals surface area contributed by atoms with Crippen molar-refractivity contribution in [1.29, 1.82) is 0 Å². The van der Waals surface area contributed by atoms with E-state index >= 15 is 0 Å². The number of benzene rings is 1. The number of hydrogen-bond acceptors (Lipinski definition) is 7. The number of imidazole rings is 1. The number of nitrogens with one attached hydrogen (secondary N) is 1. The lowest BCUT2D eigenvalue weighted by atomic mass is 10.3. The average Bonchev–Trinajstić information content (AvgIpc) is 3.05. The summed E-state index contributed by atoms with van der Waals surface area (Å²) in [5, 5.41) is 0.325. The Morgan fingerprint density at radius 1 is 1.32 bits per heavy atom. The molecule has 8 nitrogen and oxygen atoms in total. The molecule has 0 aliphatic carbocycles. The molecule has 3 rings (SSSR count). The SMILES string of the molecule is CCOC(=O)CSc1nc2ncn(-c3ccc(OC)cc3)c2c(=O)[nH]1. The van der Waals surface area contributed by atoms with Crippen molar-refractivity contribution >= 4 is 28.9 Å². The number of aromatic amines is 1. The van der Waals surface area contributed by atoms with Gasteiger partial charge >= 0.3 is 5.97 Å². The number of H-pyrrole nitrogens is 1. The van der Waals surface area contributed by atoms with Crippen molar-refractivity contribution in [2.45, 2.75) is 12.1 Å². The van der Waals surface area contributed by atoms with Crippen molar-refractivity contribution in [3.05, 3.63) is 40.9 Å². The van der Waals surface area contributed by atoms with E-state index in [2.05, 4.69) is 15.0 Å². The van der Waals surface area contributed by atoms with E-state index < -0.39 is 0 Å². The van der Waals surface area contributed by atoms with Crippen molar-refractivity contribution in [3.63, 3.8) is 0 Å². The molecule has 2 aromatic heterocycles. The zero-order chi connectivity index (χ0) is 17.8. The van der Waals surface area contributed by atoms with E-state index in [1.165, 1.54) is 6.33 Å². The fraction of sp³-hybridized carbons (Fsp3) is 0.250. The number of carbonyl (C=O) groups excluding carboxylic acids is 1. The van der Waals surface area contributed by atoms with Gasteiger partial charge in [-0.1, -0.05) is 11.8 Å². The Balaban J connectivity index is 1.91. The summed E-state index contributed by atoms with van der Waals surface area (Å²) in [7, 11) is 1.59. The number of thioether (sulfide) groups is 1. The Kier molecular flexibility index (Phi) is 5.03. The van der Waals surface area contributed by atoms with Crippen LogP contribution >= 0.6 is 11.8 Å². The second-order valence-electron chi connectivity index (χ2n) is 4.95. The largest absolute Gasteiger partial charge is 0.497 e. The Morgan fingerprint density at radius 3 is 2.76 bits per heavy atom. The van der Waals surface area contributed by atoms with Crippen molar-refractivity contribution in [2.75, 3.05) is 19.5 Å². The fourth-order valence-corrected chi connectivity index (χ4v) is 2.90. The van der Waals surface area contributed by atoms with Crippen LogP contribution in [0.4, 0.5) is 0 Å². The third-order valence-electron chi connectivity index (χ3n) is 3.37. The van der Waals surface area contributed by atoms with E-state index in [9.17, 15) is 9.59 Å². The molecule has 0 fully saturated rings. The first-order valence-corrected chi connectivity index (χ1v) is 8.51. The predicted molar refractivity (Wildman–Crippen MR) is 93.4 cm³/mol. The molecule has 130 valence electrons. The highest BCUT2D eigenvalue weighted by molar-refractivity contribution is 7.99. The molecule has 0 saturated heterocycles. The topological polar surface area (TPSA) is 99.1 Å². The highest BCUT2D eigenvalue weighted by atomic mass is 32.2. The average molecular weight is 360 g/mol. The number of aromatic nitrogens is 4. The van der Waals surface area contributed by atoms with Crippen LogP contribution in [0.25, 0.3) is 16.9 Å². The maximum Gasteiger partial charge on any atom is 0.316 e. The minimum atomic E-state index is -0.362. The summed E-state index contributed by atoms with van der Waals surface area (Å²) in [4.78, 5) is 35.0. The molecule has 2 heterocycles. The summed E-state index contributed by atoms with van der Waals surface area (Å²) in [5.41, 5.74) is 1.09. The van der Waals surface area contributed by atoms with Crippen LogP contribution in [0.5, 0.6) is 5.75 Å². The fourth-order valence-electron chi connectivity index (χ4n) is 2.25. The lowest BCUT2D eigenvalue weighted by molar-refractivity contribution is -0.139. The van der Waals surface area contributed by atoms with Gasteiger partial charge in [-0.15, -0.1) is 0 Å². The quantitative estimate of drug-likeness (QED) is 0.406. The van der Waals surface area contributed by atoms with Gasteiger partial charge in [0.2, 0.25) is 0 Å². The zero-order valence-corrected chi connectivity index (χ0v) is 14.5. The molecular weight excluding hydrogens is 344 g/mol. The molecule has 0 unspecified atom stereocenters. The van der Waals surface area contributed by atoms with E-state index in [-0.39, 0.29) is 17.3 Å². The van der Waals surface area contributed by atoms with Crippen molar-refractivity contribution in [1.82, 2.24) is 19.5 Å². The number of methoxy groups -OCH3 is 1. The molecule has 0 aliphatic heterocycles. The van der Waals surface area contributed by atoms with Gasteiger partial charge in [-0.25, -0.2) is 9.97 Å². The normalized spacial score (nSPS) is 10.8. The highest BCUT2D eigenvalue weighted by Gasteiger charge is 2.13. The van der Waals surface area contributed by atoms with E-state index in [0.717, 1.165) is 23.2 Å². The van der Waals surface area contributed by atoms with Crippen LogP contribution in [-0.4, -0.2) is 45.0 Å². The highest BCUT2D eigenvalue weighted by Crippen LogP contribution is 2.19. The van der Waals surface area contributed by atoms with Crippen molar-refractivity contribution in [2.24, 2.45) is 0 Å². The van der Waals surface area contributed by atoms with Crippen molar-refractivity contribution in [3.8, 4) is 11.4 Å². The van der Waals surface area contributed by atoms with Gasteiger partial charge < -0.3 is 9.47 Å². The van der Waals surface area contributed by atoms with Crippen molar-refractivity contribution < 1.29 is 14.3 Å². The standard InChI is InChI=1S/C16H16N4O4S/c1-3-24-12(21)8-25-16-18-14-13(15(22)19-16)20(9-17-14)10-4-6-11(23-2)7-5-10/h4-7,9H,3,8H2,1-2H3,(H,18,19,22). The van der Waals surface area contributed by atoms with Crippen LogP contribution in [-0.2, 0) is 9.53 Å². The van der Waals surface area contributed by atoms with Crippen LogP contribution in [0.2, 0.25) is 0 Å². The molecule has 0 aliphatic rings. The van der Waals surface area contributed by atoms with Crippen LogP contribution < -0.4 is 10.3 Å². The molecule has 3 aromatic rings. The minimum absolute atomic E-state index is 0.0709. The number of carbonyl (C=O) groups is 1. The monoisotopic (exact) mass is 360 g/mol. The molecule has 9 heteroatoms. The summed E-state index contributed by atoms with van der Waals surface area (Å²) in [6.45, 7) is 2.05. The Morgan fingerprint density at radius 2 is 2.08 bits per heavy atom. The molecule has 1 aromatic carbocycles. The van der Waals surface area contributed by atoms with E-state index in [1.54, 1.807) is 30.7 Å². The molecule has 0 amide bonds. The lowest BCUT2D eigenvalue weighted by Gasteiger charge is -2.05. The van der Waals surface area contributed by atoms with Gasteiger partial charge in [0, 0.05) is 5.69 Å². The first kappa shape index (κ1) is 17.0. The van der Waals surface area contributed by atoms with Crippen LogP contribution in [0.3, 0.4) is 0 Å². The first-order valence-electron chi connectivity index (χ1n) is 7.52. The Labute approximate surface area is 147 Å². The zero-order valence-electron chi connectivity index (χ0n) is 13.7. The second-order valence-corrected chi connectivity index (χ2v) is 5.91. The van der Waals surface area contributed by atoms with Gasteiger partial charge in [0.1, 0.15) is 12.1 Å². The number of rotatable bonds is 6. The molecule has 0 saturated carbocycles. The second kappa shape index (κ2) is 7.39. The molecule has 1 N–H and O–H groups in total. The molecule has 0 spiro atoms. The number of hydrogen-bond donors (Lipinski definition) is 1. The third-order valence-corrected chi connectivity index (χ3v) is 4.22. The van der Waals surface area contributed by atoms with E-state index in [1.807, 2.05) is 12.1 Å². The molecule has 0 bridgehead atoms. The van der Waals surface area contributed by atoms with E-state index in [0.29, 0.717) is 22.9 Å². The summed E-state index contributed by atoms with van der Waals surface area (Å²) < 4.78 is 11.6. The summed E-state index contributed by atoms with van der Waals surface area (Å²) in [5.74, 6) is 0.429. The number of fused-ring (bicyclic) bond motifs is 1. The molecule has 0 atom stereocenters. The Bertz CT molecular complexity index is 949. The summed E-state index contributed by atoms with van der Waals surface area (Å²) in [6.07, 6.45) is 1.54. The van der Waals surface area contributed by atoms with Crippen LogP contribution in [0.15, 0.2) is 40.5 Å². The van der Waals surface area contributed by atoms with Crippen LogP contribution in [0.1, 0.15) is 6.92 Å². The van der Waals surface area contributed by atoms with Gasteiger partial charge in [0.25, 0.3) is 5.56 Å².